The van der Waals surface area contributed by atoms with Gasteiger partial charge in [-0.1, -0.05) is 53.8 Å². The quantitative estimate of drug-likeness (QED) is 0.340. The number of hydrogen-bond donors (Lipinski definition) is 4. The van der Waals surface area contributed by atoms with Crippen LogP contribution in [0.15, 0.2) is 66.7 Å². The molecule has 0 aliphatic heterocycles. The molecule has 0 bridgehead atoms. The largest absolute Gasteiger partial charge is 0.350 e. The fourth-order valence-electron chi connectivity index (χ4n) is 3.06. The lowest BCUT2D eigenvalue weighted by molar-refractivity contribution is -0.128. The van der Waals surface area contributed by atoms with Crippen LogP contribution in [-0.4, -0.2) is 35.3 Å². The zero-order valence-electron chi connectivity index (χ0n) is 17.2. The highest BCUT2D eigenvalue weighted by Crippen LogP contribution is 2.25. The van der Waals surface area contributed by atoms with E-state index in [1.54, 1.807) is 19.1 Å². The molecule has 0 aliphatic carbocycles. The Labute approximate surface area is 188 Å². The molecule has 0 saturated carbocycles. The van der Waals surface area contributed by atoms with Gasteiger partial charge in [0.1, 0.15) is 6.04 Å². The van der Waals surface area contributed by atoms with E-state index in [-0.39, 0.29) is 12.5 Å². The second-order valence-electron chi connectivity index (χ2n) is 7.13. The second kappa shape index (κ2) is 9.44. The summed E-state index contributed by atoms with van der Waals surface area (Å²) in [5.41, 5.74) is 5.95. The van der Waals surface area contributed by atoms with Crippen LogP contribution in [0.3, 0.4) is 0 Å². The maximum Gasteiger partial charge on any atom is 0.260 e. The number of hydrazine groups is 1. The highest BCUT2D eigenvalue weighted by atomic mass is 32.1. The van der Waals surface area contributed by atoms with Crippen LogP contribution < -0.4 is 21.5 Å². The molecule has 1 aromatic heterocycles. The Kier molecular flexibility index (Phi) is 6.27. The van der Waals surface area contributed by atoms with Crippen molar-refractivity contribution < 1.29 is 14.4 Å². The molecule has 3 aromatic carbocycles. The molecular weight excluding hydrogens is 426 g/mol. The SMILES string of the molecule is CC(Nc1nc2ccccc2s1)C(=O)NNC(=O)CNC(=O)c1ccc2ccccc2c1. The molecular formula is C23H21N5O3S. The Hall–Kier alpha value is -3.98. The van der Waals surface area contributed by atoms with Crippen molar-refractivity contribution in [3.63, 3.8) is 0 Å². The number of nitrogens with zero attached hydrogens (tertiary/aromatic N) is 1. The van der Waals surface area contributed by atoms with Crippen molar-refractivity contribution in [2.75, 3.05) is 11.9 Å². The van der Waals surface area contributed by atoms with Crippen molar-refractivity contribution >= 4 is 55.2 Å². The fraction of sp³-hybridized carbons (Fsp3) is 0.130. The molecule has 1 unspecified atom stereocenters. The average molecular weight is 448 g/mol. The first-order chi connectivity index (χ1) is 15.5. The minimum absolute atomic E-state index is 0.272. The number of para-hydroxylation sites is 1. The van der Waals surface area contributed by atoms with E-state index in [1.165, 1.54) is 11.3 Å². The third kappa shape index (κ3) is 5.01. The molecule has 8 nitrogen and oxygen atoms in total. The summed E-state index contributed by atoms with van der Waals surface area (Å²) in [5, 5.41) is 8.14. The predicted octanol–water partition coefficient (Wildman–Crippen LogP) is 2.83. The van der Waals surface area contributed by atoms with Crippen molar-refractivity contribution in [2.45, 2.75) is 13.0 Å². The van der Waals surface area contributed by atoms with Crippen LogP contribution in [0.5, 0.6) is 0 Å². The number of aromatic nitrogens is 1. The molecule has 162 valence electrons. The number of nitrogens with one attached hydrogen (secondary N) is 4. The van der Waals surface area contributed by atoms with Gasteiger partial charge >= 0.3 is 0 Å². The second-order valence-corrected chi connectivity index (χ2v) is 8.17. The van der Waals surface area contributed by atoms with E-state index >= 15 is 0 Å². The number of carbonyl (C=O) groups excluding carboxylic acids is 3. The van der Waals surface area contributed by atoms with E-state index in [4.69, 9.17) is 0 Å². The summed E-state index contributed by atoms with van der Waals surface area (Å²) in [6.07, 6.45) is 0. The van der Waals surface area contributed by atoms with Gasteiger partial charge in [-0.25, -0.2) is 4.98 Å². The summed E-state index contributed by atoms with van der Waals surface area (Å²) in [6.45, 7) is 1.39. The molecule has 4 aromatic rings. The molecule has 0 spiro atoms. The van der Waals surface area contributed by atoms with E-state index in [0.717, 1.165) is 21.0 Å². The number of fused-ring (bicyclic) bond motifs is 2. The van der Waals surface area contributed by atoms with Crippen molar-refractivity contribution in [3.8, 4) is 0 Å². The first kappa shape index (κ1) is 21.3. The van der Waals surface area contributed by atoms with Gasteiger partial charge in [-0.2, -0.15) is 0 Å². The maximum absolute atomic E-state index is 12.3. The van der Waals surface area contributed by atoms with Crippen molar-refractivity contribution in [1.29, 1.82) is 0 Å². The minimum Gasteiger partial charge on any atom is -0.350 e. The summed E-state index contributed by atoms with van der Waals surface area (Å²) in [7, 11) is 0. The molecule has 0 aliphatic rings. The van der Waals surface area contributed by atoms with Crippen molar-refractivity contribution in [1.82, 2.24) is 21.2 Å². The Bertz CT molecular complexity index is 1270. The number of rotatable bonds is 6. The Morgan fingerprint density at radius 3 is 2.50 bits per heavy atom. The van der Waals surface area contributed by atoms with Gasteiger partial charge in [0.25, 0.3) is 17.7 Å². The molecule has 1 atom stereocenters. The Morgan fingerprint density at radius 1 is 0.938 bits per heavy atom. The normalized spacial score (nSPS) is 11.7. The van der Waals surface area contributed by atoms with Gasteiger partial charge in [0.05, 0.1) is 16.8 Å². The van der Waals surface area contributed by atoms with E-state index in [9.17, 15) is 14.4 Å². The van der Waals surface area contributed by atoms with Crippen LogP contribution in [0.2, 0.25) is 0 Å². The highest BCUT2D eigenvalue weighted by Gasteiger charge is 2.16. The first-order valence-electron chi connectivity index (χ1n) is 9.97. The standard InChI is InChI=1S/C23H21N5O3S/c1-14(25-23-26-18-8-4-5-9-19(18)32-23)21(30)28-27-20(29)13-24-22(31)17-11-10-15-6-2-3-7-16(15)12-17/h2-12,14H,13H2,1H3,(H,24,31)(H,25,26)(H,27,29)(H,28,30). The third-order valence-electron chi connectivity index (χ3n) is 4.77. The van der Waals surface area contributed by atoms with Crippen molar-refractivity contribution in [2.24, 2.45) is 0 Å². The molecule has 32 heavy (non-hydrogen) atoms. The Balaban J connectivity index is 1.23. The number of hydrogen-bond acceptors (Lipinski definition) is 6. The zero-order chi connectivity index (χ0) is 22.5. The molecule has 1 heterocycles. The van der Waals surface area contributed by atoms with Crippen LogP contribution in [0, 0.1) is 0 Å². The summed E-state index contributed by atoms with van der Waals surface area (Å²) >= 11 is 1.44. The van der Waals surface area contributed by atoms with Gasteiger partial charge in [0.2, 0.25) is 0 Å². The van der Waals surface area contributed by atoms with E-state index < -0.39 is 17.9 Å². The van der Waals surface area contributed by atoms with Gasteiger partial charge in [0, 0.05) is 5.56 Å². The van der Waals surface area contributed by atoms with E-state index in [2.05, 4.69) is 26.5 Å². The average Bonchev–Trinajstić information content (AvgIpc) is 3.22. The topological polar surface area (TPSA) is 112 Å². The number of carbonyl (C=O) groups is 3. The monoisotopic (exact) mass is 447 g/mol. The van der Waals surface area contributed by atoms with Crippen LogP contribution in [-0.2, 0) is 9.59 Å². The molecule has 4 rings (SSSR count). The molecule has 0 radical (unpaired) electrons. The number of anilines is 1. The van der Waals surface area contributed by atoms with Gasteiger partial charge in [0.15, 0.2) is 5.13 Å². The van der Waals surface area contributed by atoms with Gasteiger partial charge in [-0.3, -0.25) is 25.2 Å². The number of thiazole rings is 1. The Morgan fingerprint density at radius 2 is 1.69 bits per heavy atom. The molecule has 0 fully saturated rings. The van der Waals surface area contributed by atoms with Gasteiger partial charge < -0.3 is 10.6 Å². The zero-order valence-corrected chi connectivity index (χ0v) is 18.0. The fourth-order valence-corrected chi connectivity index (χ4v) is 4.01. The number of benzene rings is 3. The molecule has 0 saturated heterocycles. The highest BCUT2D eigenvalue weighted by molar-refractivity contribution is 7.22. The minimum atomic E-state index is -0.622. The molecule has 4 N–H and O–H groups in total. The first-order valence-corrected chi connectivity index (χ1v) is 10.8. The lowest BCUT2D eigenvalue weighted by Crippen LogP contribution is -2.50. The lowest BCUT2D eigenvalue weighted by atomic mass is 10.1. The van der Waals surface area contributed by atoms with E-state index in [0.29, 0.717) is 10.7 Å². The van der Waals surface area contributed by atoms with Crippen LogP contribution >= 0.6 is 11.3 Å². The molecule has 3 amide bonds. The van der Waals surface area contributed by atoms with E-state index in [1.807, 2.05) is 54.6 Å². The third-order valence-corrected chi connectivity index (χ3v) is 5.74. The lowest BCUT2D eigenvalue weighted by Gasteiger charge is -2.14. The maximum atomic E-state index is 12.3. The van der Waals surface area contributed by atoms with Gasteiger partial charge in [-0.05, 0) is 42.0 Å². The van der Waals surface area contributed by atoms with Crippen LogP contribution in [0.4, 0.5) is 5.13 Å². The summed E-state index contributed by atoms with van der Waals surface area (Å²) in [6, 6.07) is 20.1. The predicted molar refractivity (Wildman–Crippen MR) is 125 cm³/mol. The van der Waals surface area contributed by atoms with Crippen LogP contribution in [0.25, 0.3) is 21.0 Å². The van der Waals surface area contributed by atoms with Gasteiger partial charge in [-0.15, -0.1) is 0 Å². The van der Waals surface area contributed by atoms with Crippen LogP contribution in [0.1, 0.15) is 17.3 Å². The number of amides is 3. The summed E-state index contributed by atoms with van der Waals surface area (Å²) < 4.78 is 1.01. The molecule has 9 heteroatoms. The summed E-state index contributed by atoms with van der Waals surface area (Å²) in [4.78, 5) is 41.0. The smallest absolute Gasteiger partial charge is 0.260 e. The summed E-state index contributed by atoms with van der Waals surface area (Å²) in [5.74, 6) is -1.35. The van der Waals surface area contributed by atoms with Crippen molar-refractivity contribution in [3.05, 3.63) is 72.3 Å².